The van der Waals surface area contributed by atoms with E-state index in [9.17, 15) is 9.50 Å². The predicted molar refractivity (Wildman–Crippen MR) is 108 cm³/mol. The Morgan fingerprint density at radius 3 is 2.96 bits per heavy atom. The maximum Gasteiger partial charge on any atom is 0.182 e. The van der Waals surface area contributed by atoms with E-state index >= 15 is 0 Å². The zero-order valence-corrected chi connectivity index (χ0v) is 16.2. The molecule has 0 aliphatic carbocycles. The molecule has 3 aromatic heterocycles. The molecule has 7 nitrogen and oxygen atoms in total. The number of pyridine rings is 1. The molecule has 4 rings (SSSR count). The molecule has 0 saturated carbocycles. The summed E-state index contributed by atoms with van der Waals surface area (Å²) in [7, 11) is 0. The van der Waals surface area contributed by atoms with E-state index in [-0.39, 0.29) is 18.5 Å². The number of nitrogens with one attached hydrogen (secondary N) is 2. The molecule has 0 saturated heterocycles. The van der Waals surface area contributed by atoms with Crippen LogP contribution in [0.2, 0.25) is 0 Å². The lowest BCUT2D eigenvalue weighted by Crippen LogP contribution is -2.11. The summed E-state index contributed by atoms with van der Waals surface area (Å²) in [5.74, 6) is 0.869. The van der Waals surface area contributed by atoms with Gasteiger partial charge in [-0.1, -0.05) is 0 Å². The normalized spacial score (nSPS) is 12.6. The molecular formula is C19H19FN6OS. The topological polar surface area (TPSA) is 99.6 Å². The lowest BCUT2D eigenvalue weighted by atomic mass is 10.0. The smallest absolute Gasteiger partial charge is 0.182 e. The average Bonchev–Trinajstić information content (AvgIpc) is 3.18. The van der Waals surface area contributed by atoms with Crippen molar-refractivity contribution < 1.29 is 9.50 Å². The second-order valence-corrected chi connectivity index (χ2v) is 7.47. The van der Waals surface area contributed by atoms with Crippen LogP contribution in [0.5, 0.6) is 0 Å². The number of imidazole rings is 1. The number of anilines is 1. The Bertz CT molecular complexity index is 1150. The fourth-order valence-electron chi connectivity index (χ4n) is 3.08. The molecule has 0 aliphatic heterocycles. The number of halogens is 1. The highest BCUT2D eigenvalue weighted by atomic mass is 32.2. The Labute approximate surface area is 164 Å². The summed E-state index contributed by atoms with van der Waals surface area (Å²) in [6.07, 6.45) is 3.04. The van der Waals surface area contributed by atoms with Gasteiger partial charge >= 0.3 is 0 Å². The van der Waals surface area contributed by atoms with Gasteiger partial charge in [0.2, 0.25) is 0 Å². The van der Waals surface area contributed by atoms with Crippen molar-refractivity contribution in [1.82, 2.24) is 24.9 Å². The van der Waals surface area contributed by atoms with Crippen molar-refractivity contribution in [3.8, 4) is 0 Å². The van der Waals surface area contributed by atoms with Gasteiger partial charge in [-0.15, -0.1) is 11.8 Å². The minimum atomic E-state index is -0.278. The zero-order valence-electron chi connectivity index (χ0n) is 15.4. The molecule has 144 valence electrons. The standard InChI is InChI=1S/C19H19FN6OS/c1-10-14(20)4-3-12-7-13(19(26-15(10)12)28-6-5-27)11(2)25-18-16-17(22-8-21-16)23-9-24-18/h3-4,7-9,11,27H,5-6H2,1-2H3,(H2,21,22,23,24,25)/t11-/m0/s1. The van der Waals surface area contributed by atoms with Gasteiger partial charge < -0.3 is 15.4 Å². The molecule has 9 heteroatoms. The summed E-state index contributed by atoms with van der Waals surface area (Å²) in [5.41, 5.74) is 3.41. The number of aromatic nitrogens is 5. The Morgan fingerprint density at radius 1 is 1.29 bits per heavy atom. The number of aryl methyl sites for hydroxylation is 1. The summed E-state index contributed by atoms with van der Waals surface area (Å²) in [6, 6.07) is 5.07. The third kappa shape index (κ3) is 3.38. The fourth-order valence-corrected chi connectivity index (χ4v) is 3.93. The zero-order chi connectivity index (χ0) is 19.7. The summed E-state index contributed by atoms with van der Waals surface area (Å²) >= 11 is 1.44. The Balaban J connectivity index is 1.77. The average molecular weight is 398 g/mol. The van der Waals surface area contributed by atoms with Crippen LogP contribution >= 0.6 is 11.8 Å². The number of aliphatic hydroxyl groups is 1. The molecule has 0 fully saturated rings. The molecule has 4 aromatic rings. The van der Waals surface area contributed by atoms with Crippen LogP contribution in [0, 0.1) is 12.7 Å². The van der Waals surface area contributed by atoms with Crippen molar-refractivity contribution in [3.63, 3.8) is 0 Å². The van der Waals surface area contributed by atoms with Crippen LogP contribution < -0.4 is 5.32 Å². The summed E-state index contributed by atoms with van der Waals surface area (Å²) in [5, 5.41) is 14.3. The lowest BCUT2D eigenvalue weighted by Gasteiger charge is -2.19. The van der Waals surface area contributed by atoms with E-state index in [1.54, 1.807) is 19.3 Å². The monoisotopic (exact) mass is 398 g/mol. The van der Waals surface area contributed by atoms with Crippen molar-refractivity contribution in [3.05, 3.63) is 47.8 Å². The number of aromatic amines is 1. The van der Waals surface area contributed by atoms with Crippen molar-refractivity contribution in [2.45, 2.75) is 24.9 Å². The number of rotatable bonds is 6. The third-order valence-electron chi connectivity index (χ3n) is 4.54. The number of hydrogen-bond acceptors (Lipinski definition) is 7. The van der Waals surface area contributed by atoms with E-state index in [0.29, 0.717) is 28.3 Å². The van der Waals surface area contributed by atoms with Crippen LogP contribution in [0.3, 0.4) is 0 Å². The number of hydrogen-bond donors (Lipinski definition) is 3. The van der Waals surface area contributed by atoms with Crippen LogP contribution in [-0.4, -0.2) is 42.4 Å². The van der Waals surface area contributed by atoms with Crippen molar-refractivity contribution in [1.29, 1.82) is 0 Å². The Morgan fingerprint density at radius 2 is 2.14 bits per heavy atom. The second-order valence-electron chi connectivity index (χ2n) is 6.39. The summed E-state index contributed by atoms with van der Waals surface area (Å²) in [4.78, 5) is 20.3. The quantitative estimate of drug-likeness (QED) is 0.427. The van der Waals surface area contributed by atoms with E-state index in [1.807, 2.05) is 13.0 Å². The molecule has 3 heterocycles. The van der Waals surface area contributed by atoms with E-state index < -0.39 is 0 Å². The molecule has 0 unspecified atom stereocenters. The fraction of sp³-hybridized carbons (Fsp3) is 0.263. The molecular weight excluding hydrogens is 379 g/mol. The maximum absolute atomic E-state index is 14.0. The minimum absolute atomic E-state index is 0.0362. The number of benzene rings is 1. The molecule has 1 atom stereocenters. The predicted octanol–water partition coefficient (Wildman–Crippen LogP) is 3.61. The molecule has 0 amide bonds. The number of fused-ring (bicyclic) bond motifs is 2. The van der Waals surface area contributed by atoms with Gasteiger partial charge in [-0.05, 0) is 32.0 Å². The van der Waals surface area contributed by atoms with E-state index in [4.69, 9.17) is 4.98 Å². The molecule has 0 radical (unpaired) electrons. The Kier molecular flexibility index (Phi) is 5.10. The lowest BCUT2D eigenvalue weighted by molar-refractivity contribution is 0.322. The van der Waals surface area contributed by atoms with Crippen molar-refractivity contribution in [2.75, 3.05) is 17.7 Å². The number of H-pyrrole nitrogens is 1. The Hall–Kier alpha value is -2.78. The molecule has 1 aromatic carbocycles. The summed E-state index contributed by atoms with van der Waals surface area (Å²) in [6.45, 7) is 3.77. The molecule has 0 aliphatic rings. The van der Waals surface area contributed by atoms with E-state index in [2.05, 4.69) is 25.3 Å². The summed E-state index contributed by atoms with van der Waals surface area (Å²) < 4.78 is 14.0. The van der Waals surface area contributed by atoms with Crippen molar-refractivity contribution in [2.24, 2.45) is 0 Å². The molecule has 3 N–H and O–H groups in total. The van der Waals surface area contributed by atoms with Gasteiger partial charge in [0, 0.05) is 22.3 Å². The third-order valence-corrected chi connectivity index (χ3v) is 5.53. The van der Waals surface area contributed by atoms with Gasteiger partial charge in [-0.3, -0.25) is 0 Å². The highest BCUT2D eigenvalue weighted by Gasteiger charge is 2.18. The van der Waals surface area contributed by atoms with Crippen LogP contribution in [-0.2, 0) is 0 Å². The van der Waals surface area contributed by atoms with Crippen molar-refractivity contribution >= 4 is 39.6 Å². The SMILES string of the molecule is Cc1c(F)ccc2cc([C@H](C)Nc3ncnc4nc[nH]c34)c(SCCO)nc12. The van der Waals surface area contributed by atoms with Gasteiger partial charge in [-0.25, -0.2) is 24.3 Å². The van der Waals surface area contributed by atoms with Gasteiger partial charge in [0.15, 0.2) is 11.5 Å². The van der Waals surface area contributed by atoms with Gasteiger partial charge in [0.25, 0.3) is 0 Å². The number of aliphatic hydroxyl groups excluding tert-OH is 1. The second kappa shape index (κ2) is 7.69. The minimum Gasteiger partial charge on any atom is -0.396 e. The van der Waals surface area contributed by atoms with E-state index in [1.165, 1.54) is 24.2 Å². The highest BCUT2D eigenvalue weighted by molar-refractivity contribution is 7.99. The maximum atomic E-state index is 14.0. The first-order valence-corrected chi connectivity index (χ1v) is 9.81. The van der Waals surface area contributed by atoms with Crippen LogP contribution in [0.15, 0.2) is 35.9 Å². The van der Waals surface area contributed by atoms with Gasteiger partial charge in [0.05, 0.1) is 24.5 Å². The van der Waals surface area contributed by atoms with Crippen LogP contribution in [0.25, 0.3) is 22.1 Å². The highest BCUT2D eigenvalue weighted by Crippen LogP contribution is 2.33. The van der Waals surface area contributed by atoms with Crippen LogP contribution in [0.4, 0.5) is 10.2 Å². The molecule has 28 heavy (non-hydrogen) atoms. The van der Waals surface area contributed by atoms with E-state index in [0.717, 1.165) is 21.5 Å². The number of thioether (sulfide) groups is 1. The van der Waals surface area contributed by atoms with Gasteiger partial charge in [-0.2, -0.15) is 0 Å². The van der Waals surface area contributed by atoms with Crippen LogP contribution in [0.1, 0.15) is 24.1 Å². The molecule has 0 spiro atoms. The number of nitrogens with zero attached hydrogens (tertiary/aromatic N) is 4. The first-order valence-electron chi connectivity index (χ1n) is 8.82. The first kappa shape index (κ1) is 18.6. The first-order chi connectivity index (χ1) is 13.6. The molecule has 0 bridgehead atoms. The van der Waals surface area contributed by atoms with Gasteiger partial charge in [0.1, 0.15) is 22.7 Å². The largest absolute Gasteiger partial charge is 0.396 e.